The molecule has 0 saturated carbocycles. The number of benzene rings is 1. The lowest BCUT2D eigenvalue weighted by atomic mass is 9.71. The van der Waals surface area contributed by atoms with Crippen LogP contribution in [0.3, 0.4) is 0 Å². The van der Waals surface area contributed by atoms with E-state index in [4.69, 9.17) is 4.52 Å². The van der Waals surface area contributed by atoms with Crippen LogP contribution in [0.2, 0.25) is 0 Å². The molecular weight excluding hydrogens is 412 g/mol. The lowest BCUT2D eigenvalue weighted by molar-refractivity contribution is 0.101. The van der Waals surface area contributed by atoms with Crippen LogP contribution in [-0.2, 0) is 19.4 Å². The number of hydrogen-bond donors (Lipinski definition) is 1. The number of carbonyl (C=O) groups excluding carboxylic acids is 1. The number of aryl methyl sites for hydroxylation is 2. The molecule has 1 amide bonds. The molecule has 0 spiro atoms. The van der Waals surface area contributed by atoms with Gasteiger partial charge in [-0.1, -0.05) is 64.0 Å². The zero-order valence-corrected chi connectivity index (χ0v) is 21.0. The SMILES string of the molecule is Cc1nn(Cc2ccc(C(C)C)cc2)c(C)c1NC(=O)c1noc2c1CC(C(C)(C)C)CC2. The van der Waals surface area contributed by atoms with E-state index in [0.717, 1.165) is 47.7 Å². The highest BCUT2D eigenvalue weighted by atomic mass is 16.5. The summed E-state index contributed by atoms with van der Waals surface area (Å²) in [6, 6.07) is 8.65. The Balaban J connectivity index is 1.52. The first kappa shape index (κ1) is 23.3. The Kier molecular flexibility index (Phi) is 6.21. The van der Waals surface area contributed by atoms with Crippen LogP contribution >= 0.6 is 0 Å². The predicted octanol–water partition coefficient (Wildman–Crippen LogP) is 6.06. The van der Waals surface area contributed by atoms with Crippen molar-refractivity contribution in [2.24, 2.45) is 11.3 Å². The van der Waals surface area contributed by atoms with Crippen LogP contribution in [-0.4, -0.2) is 20.8 Å². The molecule has 1 aliphatic carbocycles. The second kappa shape index (κ2) is 8.81. The molecule has 0 bridgehead atoms. The molecule has 33 heavy (non-hydrogen) atoms. The number of nitrogens with one attached hydrogen (secondary N) is 1. The number of anilines is 1. The Labute approximate surface area is 196 Å². The monoisotopic (exact) mass is 448 g/mol. The average Bonchev–Trinajstić information content (AvgIpc) is 3.29. The van der Waals surface area contributed by atoms with Gasteiger partial charge in [0.05, 0.1) is 23.6 Å². The van der Waals surface area contributed by atoms with E-state index in [-0.39, 0.29) is 11.3 Å². The summed E-state index contributed by atoms with van der Waals surface area (Å²) in [6.07, 6.45) is 2.73. The zero-order chi connectivity index (χ0) is 23.9. The number of hydrogen-bond acceptors (Lipinski definition) is 4. The van der Waals surface area contributed by atoms with Gasteiger partial charge in [-0.3, -0.25) is 9.48 Å². The fraction of sp³-hybridized carbons (Fsp3) is 0.519. The van der Waals surface area contributed by atoms with E-state index < -0.39 is 0 Å². The molecule has 1 unspecified atom stereocenters. The van der Waals surface area contributed by atoms with E-state index in [1.54, 1.807) is 0 Å². The standard InChI is InChI=1S/C27H36N4O2/c1-16(2)20-10-8-19(9-11-20)15-31-18(4)24(17(3)29-31)28-26(32)25-22-14-21(27(5,6)7)12-13-23(22)33-30-25/h8-11,16,21H,12-15H2,1-7H3,(H,28,32). The number of nitrogens with zero attached hydrogens (tertiary/aromatic N) is 3. The molecule has 0 fully saturated rings. The minimum Gasteiger partial charge on any atom is -0.360 e. The second-order valence-electron chi connectivity index (χ2n) is 10.8. The van der Waals surface area contributed by atoms with Gasteiger partial charge in [-0.05, 0) is 55.1 Å². The first-order valence-corrected chi connectivity index (χ1v) is 12.0. The lowest BCUT2D eigenvalue weighted by Gasteiger charge is -2.33. The third kappa shape index (κ3) is 4.75. The van der Waals surface area contributed by atoms with Crippen molar-refractivity contribution in [3.8, 4) is 0 Å². The fourth-order valence-corrected chi connectivity index (χ4v) is 4.71. The zero-order valence-electron chi connectivity index (χ0n) is 21.0. The molecule has 2 heterocycles. The van der Waals surface area contributed by atoms with Crippen LogP contribution in [0.4, 0.5) is 5.69 Å². The van der Waals surface area contributed by atoms with Crippen LogP contribution in [0.1, 0.15) is 91.3 Å². The van der Waals surface area contributed by atoms with Crippen molar-refractivity contribution in [3.63, 3.8) is 0 Å². The molecular formula is C27H36N4O2. The van der Waals surface area contributed by atoms with Crippen LogP contribution < -0.4 is 5.32 Å². The lowest BCUT2D eigenvalue weighted by Crippen LogP contribution is -2.27. The molecule has 0 saturated heterocycles. The van der Waals surface area contributed by atoms with Crippen molar-refractivity contribution in [2.45, 2.75) is 80.2 Å². The van der Waals surface area contributed by atoms with Crippen molar-refractivity contribution < 1.29 is 9.32 Å². The van der Waals surface area contributed by atoms with Gasteiger partial charge in [0, 0.05) is 12.0 Å². The van der Waals surface area contributed by atoms with Gasteiger partial charge in [-0.2, -0.15) is 5.10 Å². The Morgan fingerprint density at radius 3 is 2.55 bits per heavy atom. The minimum absolute atomic E-state index is 0.185. The molecule has 176 valence electrons. The fourth-order valence-electron chi connectivity index (χ4n) is 4.71. The van der Waals surface area contributed by atoms with Gasteiger partial charge in [-0.25, -0.2) is 0 Å². The maximum Gasteiger partial charge on any atom is 0.278 e. The van der Waals surface area contributed by atoms with Crippen LogP contribution in [0, 0.1) is 25.2 Å². The van der Waals surface area contributed by atoms with Gasteiger partial charge in [0.2, 0.25) is 0 Å². The summed E-state index contributed by atoms with van der Waals surface area (Å²) in [6.45, 7) is 15.7. The van der Waals surface area contributed by atoms with Crippen LogP contribution in [0.15, 0.2) is 28.8 Å². The van der Waals surface area contributed by atoms with E-state index in [9.17, 15) is 4.79 Å². The quantitative estimate of drug-likeness (QED) is 0.515. The first-order chi connectivity index (χ1) is 15.5. The van der Waals surface area contributed by atoms with Crippen molar-refractivity contribution >= 4 is 11.6 Å². The van der Waals surface area contributed by atoms with Crippen LogP contribution in [0.25, 0.3) is 0 Å². The Morgan fingerprint density at radius 2 is 1.91 bits per heavy atom. The summed E-state index contributed by atoms with van der Waals surface area (Å²) in [7, 11) is 0. The second-order valence-corrected chi connectivity index (χ2v) is 10.8. The molecule has 1 aromatic carbocycles. The first-order valence-electron chi connectivity index (χ1n) is 12.0. The van der Waals surface area contributed by atoms with Gasteiger partial charge < -0.3 is 9.84 Å². The number of fused-ring (bicyclic) bond motifs is 1. The molecule has 3 aromatic rings. The maximum atomic E-state index is 13.2. The van der Waals surface area contributed by atoms with Gasteiger partial charge >= 0.3 is 0 Å². The van der Waals surface area contributed by atoms with Gasteiger partial charge in [-0.15, -0.1) is 0 Å². The molecule has 4 rings (SSSR count). The van der Waals surface area contributed by atoms with Crippen molar-refractivity contribution in [2.75, 3.05) is 5.32 Å². The minimum atomic E-state index is -0.221. The number of carbonyl (C=O) groups is 1. The summed E-state index contributed by atoms with van der Waals surface area (Å²) in [4.78, 5) is 13.2. The number of aromatic nitrogens is 3. The van der Waals surface area contributed by atoms with E-state index in [0.29, 0.717) is 24.1 Å². The highest BCUT2D eigenvalue weighted by molar-refractivity contribution is 6.04. The largest absolute Gasteiger partial charge is 0.360 e. The summed E-state index contributed by atoms with van der Waals surface area (Å²) < 4.78 is 7.49. The smallest absolute Gasteiger partial charge is 0.278 e. The summed E-state index contributed by atoms with van der Waals surface area (Å²) in [5.74, 6) is 1.65. The highest BCUT2D eigenvalue weighted by Crippen LogP contribution is 2.38. The van der Waals surface area contributed by atoms with Gasteiger partial charge in [0.15, 0.2) is 5.69 Å². The maximum absolute atomic E-state index is 13.2. The van der Waals surface area contributed by atoms with Crippen LogP contribution in [0.5, 0.6) is 0 Å². The number of amides is 1. The Morgan fingerprint density at radius 1 is 1.21 bits per heavy atom. The van der Waals surface area contributed by atoms with E-state index in [1.807, 2.05) is 18.5 Å². The molecule has 6 nitrogen and oxygen atoms in total. The normalized spacial score (nSPS) is 16.2. The topological polar surface area (TPSA) is 73.0 Å². The summed E-state index contributed by atoms with van der Waals surface area (Å²) in [5.41, 5.74) is 6.54. The molecule has 1 N–H and O–H groups in total. The van der Waals surface area contributed by atoms with Crippen molar-refractivity contribution in [1.29, 1.82) is 0 Å². The Bertz CT molecular complexity index is 1150. The number of rotatable bonds is 5. The van der Waals surface area contributed by atoms with Gasteiger partial charge in [0.25, 0.3) is 5.91 Å². The molecule has 1 aliphatic rings. The van der Waals surface area contributed by atoms with Gasteiger partial charge in [0.1, 0.15) is 5.76 Å². The van der Waals surface area contributed by atoms with E-state index in [2.05, 4.69) is 74.5 Å². The predicted molar refractivity (Wildman–Crippen MR) is 131 cm³/mol. The molecule has 2 aromatic heterocycles. The Hall–Kier alpha value is -2.89. The molecule has 1 atom stereocenters. The van der Waals surface area contributed by atoms with Crippen molar-refractivity contribution in [3.05, 3.63) is 63.8 Å². The molecule has 6 heteroatoms. The average molecular weight is 449 g/mol. The third-order valence-electron chi connectivity index (χ3n) is 7.08. The highest BCUT2D eigenvalue weighted by Gasteiger charge is 2.34. The molecule has 0 aliphatic heterocycles. The van der Waals surface area contributed by atoms with Crippen molar-refractivity contribution in [1.82, 2.24) is 14.9 Å². The van der Waals surface area contributed by atoms with E-state index in [1.165, 1.54) is 11.1 Å². The third-order valence-corrected chi connectivity index (χ3v) is 7.08. The molecule has 0 radical (unpaired) electrons. The summed E-state index contributed by atoms with van der Waals surface area (Å²) in [5, 5.41) is 11.9. The van der Waals surface area contributed by atoms with E-state index >= 15 is 0 Å². The summed E-state index contributed by atoms with van der Waals surface area (Å²) >= 11 is 0.